The smallest absolute Gasteiger partial charge is 0.0647 e. The maximum atomic E-state index is 5.79. The summed E-state index contributed by atoms with van der Waals surface area (Å²) in [4.78, 5) is 0. The lowest BCUT2D eigenvalue weighted by Gasteiger charge is -2.62. The number of hydrogen-bond donors (Lipinski definition) is 0. The van der Waals surface area contributed by atoms with Crippen LogP contribution >= 0.6 is 0 Å². The zero-order valence-electron chi connectivity index (χ0n) is 8.49. The third kappa shape index (κ3) is 0.698. The predicted octanol–water partition coefficient (Wildman–Crippen LogP) is 2.62. The summed E-state index contributed by atoms with van der Waals surface area (Å²) >= 11 is 0. The van der Waals surface area contributed by atoms with Crippen LogP contribution in [0.25, 0.3) is 0 Å². The Morgan fingerprint density at radius 1 is 1.54 bits per heavy atom. The third-order valence-electron chi connectivity index (χ3n) is 4.64. The van der Waals surface area contributed by atoms with Gasteiger partial charge in [-0.25, -0.2) is 0 Å². The van der Waals surface area contributed by atoms with E-state index in [0.29, 0.717) is 11.5 Å². The molecule has 1 aliphatic heterocycles. The first-order chi connectivity index (χ1) is 6.30. The van der Waals surface area contributed by atoms with Crippen molar-refractivity contribution in [1.29, 1.82) is 0 Å². The van der Waals surface area contributed by atoms with Gasteiger partial charge in [0, 0.05) is 5.41 Å². The van der Waals surface area contributed by atoms with E-state index in [4.69, 9.17) is 4.74 Å². The van der Waals surface area contributed by atoms with Gasteiger partial charge in [-0.1, -0.05) is 25.5 Å². The minimum atomic E-state index is 0.487. The Morgan fingerprint density at radius 2 is 2.38 bits per heavy atom. The van der Waals surface area contributed by atoms with Crippen molar-refractivity contribution < 1.29 is 4.74 Å². The first-order valence-electron chi connectivity index (χ1n) is 5.61. The van der Waals surface area contributed by atoms with Gasteiger partial charge in [-0.2, -0.15) is 0 Å². The van der Waals surface area contributed by atoms with Crippen molar-refractivity contribution in [2.45, 2.75) is 32.8 Å². The topological polar surface area (TPSA) is 9.23 Å². The average Bonchev–Trinajstić information content (AvgIpc) is 2.40. The van der Waals surface area contributed by atoms with Gasteiger partial charge in [0.15, 0.2) is 0 Å². The Labute approximate surface area is 80.2 Å². The second kappa shape index (κ2) is 2.38. The fourth-order valence-electron chi connectivity index (χ4n) is 3.90. The van der Waals surface area contributed by atoms with Crippen LogP contribution in [-0.2, 0) is 4.74 Å². The van der Waals surface area contributed by atoms with Gasteiger partial charge in [-0.15, -0.1) is 0 Å². The van der Waals surface area contributed by atoms with E-state index in [1.807, 2.05) is 0 Å². The van der Waals surface area contributed by atoms with Crippen molar-refractivity contribution in [3.8, 4) is 0 Å². The molecule has 0 radical (unpaired) electrons. The highest BCUT2D eigenvalue weighted by Gasteiger charge is 2.68. The van der Waals surface area contributed by atoms with E-state index in [1.165, 1.54) is 12.8 Å². The lowest BCUT2D eigenvalue weighted by atomic mass is 9.40. The largest absolute Gasteiger partial charge is 0.377 e. The molecule has 2 aliphatic carbocycles. The highest BCUT2D eigenvalue weighted by Crippen LogP contribution is 2.69. The molecule has 1 nitrogen and oxygen atoms in total. The number of ether oxygens (including phenoxy) is 1. The van der Waals surface area contributed by atoms with Crippen LogP contribution in [0.2, 0.25) is 0 Å². The molecule has 3 aliphatic rings. The van der Waals surface area contributed by atoms with Crippen LogP contribution in [-0.4, -0.2) is 12.7 Å². The van der Waals surface area contributed by atoms with Crippen molar-refractivity contribution in [2.75, 3.05) is 6.61 Å². The highest BCUT2D eigenvalue weighted by molar-refractivity contribution is 5.33. The van der Waals surface area contributed by atoms with Gasteiger partial charge in [-0.3, -0.25) is 0 Å². The quantitative estimate of drug-likeness (QED) is 0.591. The number of allylic oxidation sites excluding steroid dienone is 1. The van der Waals surface area contributed by atoms with Crippen molar-refractivity contribution in [2.24, 2.45) is 23.2 Å². The van der Waals surface area contributed by atoms with Crippen molar-refractivity contribution >= 4 is 0 Å². The maximum Gasteiger partial charge on any atom is 0.0647 e. The van der Waals surface area contributed by atoms with Crippen LogP contribution in [0.5, 0.6) is 0 Å². The van der Waals surface area contributed by atoms with Crippen LogP contribution in [0, 0.1) is 23.2 Å². The van der Waals surface area contributed by atoms with Crippen LogP contribution in [0.3, 0.4) is 0 Å². The van der Waals surface area contributed by atoms with E-state index in [9.17, 15) is 0 Å². The molecule has 0 amide bonds. The Hall–Kier alpha value is -0.300. The lowest BCUT2D eigenvalue weighted by molar-refractivity contribution is -0.0715. The van der Waals surface area contributed by atoms with Gasteiger partial charge < -0.3 is 4.74 Å². The van der Waals surface area contributed by atoms with Crippen LogP contribution in [0.1, 0.15) is 26.7 Å². The normalized spacial score (nSPS) is 56.5. The first-order valence-corrected chi connectivity index (χ1v) is 5.61. The molecule has 1 heteroatoms. The average molecular weight is 178 g/mol. The molecular weight excluding hydrogens is 160 g/mol. The number of hydrogen-bond acceptors (Lipinski definition) is 1. The van der Waals surface area contributed by atoms with Crippen LogP contribution < -0.4 is 0 Å². The Bertz CT molecular complexity index is 258. The SMILES string of the molecule is CCC[C@H]1[C@H]2C=C[C@]23[C@H](C)OC[C@H]13. The predicted molar refractivity (Wildman–Crippen MR) is 52.4 cm³/mol. The van der Waals surface area contributed by atoms with Gasteiger partial charge in [-0.05, 0) is 31.1 Å². The molecule has 1 spiro atoms. The van der Waals surface area contributed by atoms with Gasteiger partial charge in [0.1, 0.15) is 0 Å². The van der Waals surface area contributed by atoms with Gasteiger partial charge in [0.05, 0.1) is 12.7 Å². The second-order valence-electron chi connectivity index (χ2n) is 4.92. The van der Waals surface area contributed by atoms with E-state index in [-0.39, 0.29) is 0 Å². The van der Waals surface area contributed by atoms with E-state index >= 15 is 0 Å². The third-order valence-corrected chi connectivity index (χ3v) is 4.64. The minimum absolute atomic E-state index is 0.487. The Balaban J connectivity index is 1.84. The van der Waals surface area contributed by atoms with E-state index in [0.717, 1.165) is 24.4 Å². The molecule has 1 heterocycles. The molecule has 2 fully saturated rings. The van der Waals surface area contributed by atoms with E-state index in [1.54, 1.807) is 0 Å². The Kier molecular flexibility index (Phi) is 1.48. The summed E-state index contributed by atoms with van der Waals surface area (Å²) in [6.45, 7) is 5.56. The molecule has 0 aromatic heterocycles. The van der Waals surface area contributed by atoms with E-state index < -0.39 is 0 Å². The molecule has 0 aromatic rings. The van der Waals surface area contributed by atoms with Crippen LogP contribution in [0.4, 0.5) is 0 Å². The molecule has 0 aromatic carbocycles. The van der Waals surface area contributed by atoms with Gasteiger partial charge in [0.2, 0.25) is 0 Å². The van der Waals surface area contributed by atoms with Crippen molar-refractivity contribution in [3.05, 3.63) is 12.2 Å². The fraction of sp³-hybridized carbons (Fsp3) is 0.833. The minimum Gasteiger partial charge on any atom is -0.377 e. The molecule has 1 saturated heterocycles. The standard InChI is InChI=1S/C12H18O/c1-3-4-9-10-5-6-12(10)8(2)13-7-11(9)12/h5-6,8-11H,3-4,7H2,1-2H3/t8-,9-,10+,11+,12-/m0/s1. The molecule has 72 valence electrons. The zero-order chi connectivity index (χ0) is 9.05. The summed E-state index contributed by atoms with van der Waals surface area (Å²) in [6, 6.07) is 0. The summed E-state index contributed by atoms with van der Waals surface area (Å²) in [7, 11) is 0. The fourth-order valence-corrected chi connectivity index (χ4v) is 3.90. The molecule has 13 heavy (non-hydrogen) atoms. The second-order valence-corrected chi connectivity index (χ2v) is 4.92. The summed E-state index contributed by atoms with van der Waals surface area (Å²) in [5, 5.41) is 0. The zero-order valence-corrected chi connectivity index (χ0v) is 8.49. The monoisotopic (exact) mass is 178 g/mol. The van der Waals surface area contributed by atoms with Gasteiger partial charge >= 0.3 is 0 Å². The summed E-state index contributed by atoms with van der Waals surface area (Å²) in [5.41, 5.74) is 0.500. The molecule has 5 atom stereocenters. The summed E-state index contributed by atoms with van der Waals surface area (Å²) in [5.74, 6) is 2.67. The molecule has 0 bridgehead atoms. The highest BCUT2D eigenvalue weighted by atomic mass is 16.5. The molecule has 1 saturated carbocycles. The van der Waals surface area contributed by atoms with E-state index in [2.05, 4.69) is 26.0 Å². The molecule has 0 unspecified atom stereocenters. The molecular formula is C12H18O. The van der Waals surface area contributed by atoms with Crippen molar-refractivity contribution in [1.82, 2.24) is 0 Å². The molecule has 0 N–H and O–H groups in total. The number of rotatable bonds is 2. The summed E-state index contributed by atoms with van der Waals surface area (Å²) < 4.78 is 5.79. The first kappa shape index (κ1) is 8.05. The summed E-state index contributed by atoms with van der Waals surface area (Å²) in [6.07, 6.45) is 8.06. The lowest BCUT2D eigenvalue weighted by Crippen LogP contribution is -2.61. The van der Waals surface area contributed by atoms with Crippen LogP contribution in [0.15, 0.2) is 12.2 Å². The maximum absolute atomic E-state index is 5.79. The van der Waals surface area contributed by atoms with Crippen molar-refractivity contribution in [3.63, 3.8) is 0 Å². The molecule has 3 rings (SSSR count). The van der Waals surface area contributed by atoms with Gasteiger partial charge in [0.25, 0.3) is 0 Å². The Morgan fingerprint density at radius 3 is 3.00 bits per heavy atom.